The Morgan fingerprint density at radius 3 is 2.36 bits per heavy atom. The second-order valence-electron chi connectivity index (χ2n) is 7.50. The summed E-state index contributed by atoms with van der Waals surface area (Å²) in [6.07, 6.45) is 4.11. The number of nitrogen functional groups attached to an aromatic ring is 2. The summed E-state index contributed by atoms with van der Waals surface area (Å²) in [7, 11) is 0. The van der Waals surface area contributed by atoms with Crippen molar-refractivity contribution in [3.63, 3.8) is 0 Å². The Labute approximate surface area is 164 Å². The van der Waals surface area contributed by atoms with Gasteiger partial charge in [-0.15, -0.1) is 10.2 Å². The van der Waals surface area contributed by atoms with Crippen LogP contribution in [0.5, 0.6) is 0 Å². The predicted molar refractivity (Wildman–Crippen MR) is 112 cm³/mol. The van der Waals surface area contributed by atoms with E-state index < -0.39 is 0 Å². The highest BCUT2D eigenvalue weighted by Gasteiger charge is 2.40. The normalized spacial score (nSPS) is 21.1. The minimum atomic E-state index is 0.424. The van der Waals surface area contributed by atoms with Gasteiger partial charge in [0.1, 0.15) is 5.82 Å². The van der Waals surface area contributed by atoms with E-state index in [-0.39, 0.29) is 0 Å². The van der Waals surface area contributed by atoms with Crippen molar-refractivity contribution < 1.29 is 0 Å². The van der Waals surface area contributed by atoms with Gasteiger partial charge in [0.15, 0.2) is 5.82 Å². The highest BCUT2D eigenvalue weighted by molar-refractivity contribution is 5.72. The zero-order valence-electron chi connectivity index (χ0n) is 15.6. The standard InChI is InChI=1S/C21H23N7/c22-20-10-15(8-9-24-20)28-16-6-7-17(28)13-27(12-16)19-11-18(25-26-21(19)23)14-4-2-1-3-5-14/h1-5,8-11,16-17H,6-7,12-13H2,(H2,22,24)(H2,23,26). The van der Waals surface area contributed by atoms with Gasteiger partial charge in [0.05, 0.1) is 11.4 Å². The summed E-state index contributed by atoms with van der Waals surface area (Å²) >= 11 is 0. The number of nitrogens with zero attached hydrogens (tertiary/aromatic N) is 5. The first-order valence-electron chi connectivity index (χ1n) is 9.62. The van der Waals surface area contributed by atoms with E-state index in [1.165, 1.54) is 0 Å². The molecule has 142 valence electrons. The number of pyridine rings is 1. The molecule has 5 rings (SSSR count). The molecular weight excluding hydrogens is 350 g/mol. The van der Waals surface area contributed by atoms with E-state index >= 15 is 0 Å². The van der Waals surface area contributed by atoms with Gasteiger partial charge in [-0.25, -0.2) is 4.98 Å². The molecule has 7 heteroatoms. The van der Waals surface area contributed by atoms with Gasteiger partial charge in [-0.1, -0.05) is 30.3 Å². The fourth-order valence-corrected chi connectivity index (χ4v) is 4.51. The van der Waals surface area contributed by atoms with Gasteiger partial charge >= 0.3 is 0 Å². The van der Waals surface area contributed by atoms with Crippen molar-refractivity contribution in [2.75, 3.05) is 34.4 Å². The van der Waals surface area contributed by atoms with E-state index in [0.29, 0.717) is 23.7 Å². The maximum absolute atomic E-state index is 6.22. The summed E-state index contributed by atoms with van der Waals surface area (Å²) in [4.78, 5) is 8.99. The third kappa shape index (κ3) is 2.89. The minimum Gasteiger partial charge on any atom is -0.384 e. The van der Waals surface area contributed by atoms with Gasteiger partial charge in [0, 0.05) is 48.7 Å². The Kier molecular flexibility index (Phi) is 4.00. The SMILES string of the molecule is Nc1cc(N2C3CCC2CN(c2cc(-c4ccccc4)nnc2N)C3)ccn1. The van der Waals surface area contributed by atoms with Crippen molar-refractivity contribution in [1.82, 2.24) is 15.2 Å². The number of nitrogens with two attached hydrogens (primary N) is 2. The maximum Gasteiger partial charge on any atom is 0.169 e. The highest BCUT2D eigenvalue weighted by atomic mass is 15.3. The fraction of sp³-hybridized carbons (Fsp3) is 0.286. The number of aromatic nitrogens is 3. The lowest BCUT2D eigenvalue weighted by Gasteiger charge is -2.43. The van der Waals surface area contributed by atoms with Crippen LogP contribution in [0.25, 0.3) is 11.3 Å². The minimum absolute atomic E-state index is 0.424. The summed E-state index contributed by atoms with van der Waals surface area (Å²) < 4.78 is 0. The van der Waals surface area contributed by atoms with Crippen LogP contribution in [-0.2, 0) is 0 Å². The number of benzene rings is 1. The molecule has 2 bridgehead atoms. The number of rotatable bonds is 3. The van der Waals surface area contributed by atoms with E-state index in [9.17, 15) is 0 Å². The fourth-order valence-electron chi connectivity index (χ4n) is 4.51. The molecule has 2 atom stereocenters. The largest absolute Gasteiger partial charge is 0.384 e. The lowest BCUT2D eigenvalue weighted by molar-refractivity contribution is 0.535. The Balaban J connectivity index is 1.44. The van der Waals surface area contributed by atoms with E-state index in [0.717, 1.165) is 48.6 Å². The maximum atomic E-state index is 6.22. The van der Waals surface area contributed by atoms with Crippen LogP contribution in [-0.4, -0.2) is 40.4 Å². The lowest BCUT2D eigenvalue weighted by atomic mass is 10.1. The number of anilines is 4. The third-order valence-corrected chi connectivity index (χ3v) is 5.76. The number of piperazine rings is 1. The van der Waals surface area contributed by atoms with Crippen LogP contribution in [0.4, 0.5) is 23.0 Å². The third-order valence-electron chi connectivity index (χ3n) is 5.76. The van der Waals surface area contributed by atoms with Crippen molar-refractivity contribution in [2.24, 2.45) is 0 Å². The van der Waals surface area contributed by atoms with E-state index in [1.54, 1.807) is 6.20 Å². The first-order valence-corrected chi connectivity index (χ1v) is 9.62. The molecule has 0 saturated carbocycles. The van der Waals surface area contributed by atoms with E-state index in [4.69, 9.17) is 11.5 Å². The van der Waals surface area contributed by atoms with Gasteiger partial charge in [0.25, 0.3) is 0 Å². The number of hydrogen-bond donors (Lipinski definition) is 2. The summed E-state index contributed by atoms with van der Waals surface area (Å²) in [5.74, 6) is 1.05. The van der Waals surface area contributed by atoms with Gasteiger partial charge in [-0.3, -0.25) is 0 Å². The van der Waals surface area contributed by atoms with Gasteiger partial charge in [-0.05, 0) is 25.0 Å². The average Bonchev–Trinajstić information content (AvgIpc) is 2.99. The number of fused-ring (bicyclic) bond motifs is 2. The summed E-state index contributed by atoms with van der Waals surface area (Å²) in [6, 6.07) is 17.0. The first-order chi connectivity index (χ1) is 13.7. The Morgan fingerprint density at radius 2 is 1.64 bits per heavy atom. The van der Waals surface area contributed by atoms with E-state index in [2.05, 4.69) is 31.0 Å². The molecular formula is C21H23N7. The average molecular weight is 373 g/mol. The Bertz CT molecular complexity index is 977. The second kappa shape index (κ2) is 6.67. The van der Waals surface area contributed by atoms with Crippen LogP contribution >= 0.6 is 0 Å². The summed E-state index contributed by atoms with van der Waals surface area (Å²) in [5.41, 5.74) is 16.2. The van der Waals surface area contributed by atoms with Gasteiger partial charge in [-0.2, -0.15) is 0 Å². The van der Waals surface area contributed by atoms with Crippen molar-refractivity contribution in [2.45, 2.75) is 24.9 Å². The molecule has 7 nitrogen and oxygen atoms in total. The van der Waals surface area contributed by atoms with Crippen molar-refractivity contribution >= 4 is 23.0 Å². The zero-order chi connectivity index (χ0) is 19.1. The Morgan fingerprint density at radius 1 is 0.893 bits per heavy atom. The quantitative estimate of drug-likeness (QED) is 0.728. The molecule has 0 amide bonds. The van der Waals surface area contributed by atoms with Gasteiger partial charge in [0.2, 0.25) is 0 Å². The molecule has 3 aromatic rings. The van der Waals surface area contributed by atoms with Gasteiger partial charge < -0.3 is 21.3 Å². The smallest absolute Gasteiger partial charge is 0.169 e. The van der Waals surface area contributed by atoms with Crippen molar-refractivity contribution in [3.05, 3.63) is 54.7 Å². The molecule has 1 aromatic carbocycles. The van der Waals surface area contributed by atoms with Crippen LogP contribution in [0, 0.1) is 0 Å². The molecule has 2 aliphatic rings. The van der Waals surface area contributed by atoms with Crippen LogP contribution in [0.3, 0.4) is 0 Å². The van der Waals surface area contributed by atoms with Crippen molar-refractivity contribution in [1.29, 1.82) is 0 Å². The number of hydrogen-bond acceptors (Lipinski definition) is 7. The molecule has 0 aliphatic carbocycles. The molecule has 4 N–H and O–H groups in total. The second-order valence-corrected chi connectivity index (χ2v) is 7.50. The van der Waals surface area contributed by atoms with E-state index in [1.807, 2.05) is 42.5 Å². The molecule has 0 spiro atoms. The molecule has 2 fully saturated rings. The molecule has 28 heavy (non-hydrogen) atoms. The Hall–Kier alpha value is -3.35. The molecule has 2 saturated heterocycles. The van der Waals surface area contributed by atoms with Crippen LogP contribution in [0.1, 0.15) is 12.8 Å². The molecule has 2 aromatic heterocycles. The molecule has 2 unspecified atom stereocenters. The highest BCUT2D eigenvalue weighted by Crippen LogP contribution is 2.38. The molecule has 2 aliphatic heterocycles. The zero-order valence-corrected chi connectivity index (χ0v) is 15.6. The summed E-state index contributed by atoms with van der Waals surface area (Å²) in [6.45, 7) is 1.81. The monoisotopic (exact) mass is 373 g/mol. The topological polar surface area (TPSA) is 97.2 Å². The van der Waals surface area contributed by atoms with Crippen LogP contribution < -0.4 is 21.3 Å². The summed E-state index contributed by atoms with van der Waals surface area (Å²) in [5, 5.41) is 8.53. The first kappa shape index (κ1) is 16.8. The predicted octanol–water partition coefficient (Wildman–Crippen LogP) is 2.56. The van der Waals surface area contributed by atoms with Crippen molar-refractivity contribution in [3.8, 4) is 11.3 Å². The molecule has 0 radical (unpaired) electrons. The molecule has 4 heterocycles. The van der Waals surface area contributed by atoms with Crippen LogP contribution in [0.2, 0.25) is 0 Å². The lowest BCUT2D eigenvalue weighted by Crippen LogP contribution is -2.54. The van der Waals surface area contributed by atoms with Crippen LogP contribution in [0.15, 0.2) is 54.7 Å².